The predicted octanol–water partition coefficient (Wildman–Crippen LogP) is 5.90. The van der Waals surface area contributed by atoms with E-state index in [1.54, 1.807) is 5.56 Å². The van der Waals surface area contributed by atoms with Crippen LogP contribution >= 0.6 is 0 Å². The lowest BCUT2D eigenvalue weighted by Crippen LogP contribution is -2.53. The Kier molecular flexibility index (Phi) is 5.78. The van der Waals surface area contributed by atoms with E-state index in [0.717, 1.165) is 12.4 Å². The van der Waals surface area contributed by atoms with Crippen LogP contribution in [0.2, 0.25) is 0 Å². The summed E-state index contributed by atoms with van der Waals surface area (Å²) >= 11 is 0. The maximum atomic E-state index is 6.16. The maximum Gasteiger partial charge on any atom is 0.119 e. The van der Waals surface area contributed by atoms with Gasteiger partial charge in [-0.2, -0.15) is 0 Å². The van der Waals surface area contributed by atoms with E-state index in [9.17, 15) is 0 Å². The van der Waals surface area contributed by atoms with Gasteiger partial charge in [-0.1, -0.05) is 53.9 Å². The van der Waals surface area contributed by atoms with Gasteiger partial charge in [-0.05, 0) is 70.7 Å². The Balaban J connectivity index is 1.40. The third-order valence-electron chi connectivity index (χ3n) is 7.24. The molecule has 1 aliphatic carbocycles. The number of hydrogen-bond donors (Lipinski definition) is 0. The Labute approximate surface area is 170 Å². The Morgan fingerprint density at radius 1 is 0.929 bits per heavy atom. The summed E-state index contributed by atoms with van der Waals surface area (Å²) in [5, 5.41) is 0. The van der Waals surface area contributed by atoms with Gasteiger partial charge in [0.1, 0.15) is 5.75 Å². The Bertz CT molecular complexity index is 760. The van der Waals surface area contributed by atoms with Crippen LogP contribution in [0.15, 0.2) is 48.5 Å². The van der Waals surface area contributed by atoms with Gasteiger partial charge in [-0.3, -0.25) is 4.90 Å². The zero-order chi connectivity index (χ0) is 19.6. The smallest absolute Gasteiger partial charge is 0.119 e. The number of ether oxygens (including phenoxy) is 1. The molecule has 0 spiro atoms. The van der Waals surface area contributed by atoms with E-state index in [0.29, 0.717) is 17.4 Å². The highest BCUT2D eigenvalue weighted by molar-refractivity contribution is 5.31. The van der Waals surface area contributed by atoms with Gasteiger partial charge in [0, 0.05) is 23.9 Å². The van der Waals surface area contributed by atoms with Crippen LogP contribution in [0.1, 0.15) is 55.7 Å². The van der Waals surface area contributed by atoms with Gasteiger partial charge in [-0.15, -0.1) is 0 Å². The molecule has 2 unspecified atom stereocenters. The standard InChI is InChI=1S/C26H35NO/c1-20-7-11-24(12-8-20)26(15-5-16-26)19-27-17-4-6-23(22(27)3)18-28-25-13-9-21(2)10-14-25/h7-14,22-23H,4-6,15-19H2,1-3H3. The van der Waals surface area contributed by atoms with Crippen molar-refractivity contribution >= 4 is 0 Å². The molecular weight excluding hydrogens is 342 g/mol. The van der Waals surface area contributed by atoms with Gasteiger partial charge >= 0.3 is 0 Å². The Morgan fingerprint density at radius 2 is 1.57 bits per heavy atom. The number of benzene rings is 2. The van der Waals surface area contributed by atoms with Crippen molar-refractivity contribution in [3.8, 4) is 5.75 Å². The molecule has 150 valence electrons. The van der Waals surface area contributed by atoms with E-state index in [-0.39, 0.29) is 0 Å². The molecule has 2 aromatic rings. The summed E-state index contributed by atoms with van der Waals surface area (Å²) in [4.78, 5) is 2.76. The lowest BCUT2D eigenvalue weighted by atomic mass is 9.63. The van der Waals surface area contributed by atoms with Crippen molar-refractivity contribution in [1.29, 1.82) is 0 Å². The Morgan fingerprint density at radius 3 is 2.18 bits per heavy atom. The lowest BCUT2D eigenvalue weighted by Gasteiger charge is -2.49. The van der Waals surface area contributed by atoms with Crippen LogP contribution in [0.5, 0.6) is 5.75 Å². The molecular formula is C26H35NO. The molecule has 2 atom stereocenters. The fourth-order valence-electron chi connectivity index (χ4n) is 5.02. The highest BCUT2D eigenvalue weighted by Crippen LogP contribution is 2.45. The number of hydrogen-bond acceptors (Lipinski definition) is 2. The first-order chi connectivity index (χ1) is 13.6. The summed E-state index contributed by atoms with van der Waals surface area (Å²) in [6.45, 7) is 9.99. The molecule has 2 fully saturated rings. The first-order valence-electron chi connectivity index (χ1n) is 11.1. The second kappa shape index (κ2) is 8.29. The molecule has 0 bridgehead atoms. The van der Waals surface area contributed by atoms with Crippen molar-refractivity contribution in [2.75, 3.05) is 19.7 Å². The van der Waals surface area contributed by atoms with Crippen LogP contribution in [0, 0.1) is 19.8 Å². The number of nitrogens with zero attached hydrogens (tertiary/aromatic N) is 1. The van der Waals surface area contributed by atoms with Gasteiger partial charge in [0.2, 0.25) is 0 Å². The highest BCUT2D eigenvalue weighted by Gasteiger charge is 2.42. The third-order valence-corrected chi connectivity index (χ3v) is 7.24. The first-order valence-corrected chi connectivity index (χ1v) is 11.1. The van der Waals surface area contributed by atoms with E-state index < -0.39 is 0 Å². The summed E-state index contributed by atoms with van der Waals surface area (Å²) in [6.07, 6.45) is 6.61. The third kappa shape index (κ3) is 4.12. The fourth-order valence-corrected chi connectivity index (χ4v) is 5.02. The number of rotatable bonds is 6. The van der Waals surface area contributed by atoms with E-state index >= 15 is 0 Å². The van der Waals surface area contributed by atoms with Crippen LogP contribution in [0.4, 0.5) is 0 Å². The molecule has 1 aliphatic heterocycles. The first kappa shape index (κ1) is 19.5. The van der Waals surface area contributed by atoms with Crippen LogP contribution in [0.3, 0.4) is 0 Å². The van der Waals surface area contributed by atoms with Crippen molar-refractivity contribution in [3.05, 3.63) is 65.2 Å². The topological polar surface area (TPSA) is 12.5 Å². The largest absolute Gasteiger partial charge is 0.493 e. The molecule has 4 rings (SSSR count). The lowest BCUT2D eigenvalue weighted by molar-refractivity contribution is 0.0365. The molecule has 1 heterocycles. The summed E-state index contributed by atoms with van der Waals surface area (Å²) in [5.74, 6) is 1.62. The van der Waals surface area contributed by atoms with E-state index in [1.165, 1.54) is 56.3 Å². The average Bonchev–Trinajstić information content (AvgIpc) is 2.67. The molecule has 0 radical (unpaired) electrons. The zero-order valence-electron chi connectivity index (χ0n) is 17.8. The van der Waals surface area contributed by atoms with E-state index in [4.69, 9.17) is 4.74 Å². The van der Waals surface area contributed by atoms with Crippen LogP contribution in [-0.2, 0) is 5.41 Å². The van der Waals surface area contributed by atoms with Crippen molar-refractivity contribution < 1.29 is 4.74 Å². The van der Waals surface area contributed by atoms with Crippen LogP contribution < -0.4 is 4.74 Å². The maximum absolute atomic E-state index is 6.16. The minimum Gasteiger partial charge on any atom is -0.493 e. The second-order valence-corrected chi connectivity index (χ2v) is 9.24. The quantitative estimate of drug-likeness (QED) is 0.621. The average molecular weight is 378 g/mol. The molecule has 2 heteroatoms. The second-order valence-electron chi connectivity index (χ2n) is 9.24. The minimum absolute atomic E-state index is 0.377. The molecule has 28 heavy (non-hydrogen) atoms. The molecule has 1 saturated heterocycles. The SMILES string of the molecule is Cc1ccc(OCC2CCCN(CC3(c4ccc(C)cc4)CCC3)C2C)cc1. The van der Waals surface area contributed by atoms with Crippen molar-refractivity contribution in [3.63, 3.8) is 0 Å². The molecule has 0 N–H and O–H groups in total. The van der Waals surface area contributed by atoms with E-state index in [1.807, 2.05) is 0 Å². The zero-order valence-corrected chi connectivity index (χ0v) is 17.8. The molecule has 2 aliphatic rings. The summed E-state index contributed by atoms with van der Waals surface area (Å²) < 4.78 is 6.16. The molecule has 2 nitrogen and oxygen atoms in total. The monoisotopic (exact) mass is 377 g/mol. The molecule has 0 aromatic heterocycles. The summed E-state index contributed by atoms with van der Waals surface area (Å²) in [6, 6.07) is 18.4. The van der Waals surface area contributed by atoms with Crippen molar-refractivity contribution in [2.24, 2.45) is 5.92 Å². The van der Waals surface area contributed by atoms with Crippen molar-refractivity contribution in [2.45, 2.75) is 64.3 Å². The number of piperidine rings is 1. The summed E-state index contributed by atoms with van der Waals surface area (Å²) in [7, 11) is 0. The van der Waals surface area contributed by atoms with Crippen LogP contribution in [-0.4, -0.2) is 30.6 Å². The van der Waals surface area contributed by atoms with Gasteiger partial charge in [0.25, 0.3) is 0 Å². The number of aryl methyl sites for hydroxylation is 2. The minimum atomic E-state index is 0.377. The van der Waals surface area contributed by atoms with Gasteiger partial charge in [0.05, 0.1) is 6.61 Å². The van der Waals surface area contributed by atoms with Gasteiger partial charge < -0.3 is 4.74 Å². The number of likely N-dealkylation sites (tertiary alicyclic amines) is 1. The highest BCUT2D eigenvalue weighted by atomic mass is 16.5. The molecule has 1 saturated carbocycles. The predicted molar refractivity (Wildman–Crippen MR) is 117 cm³/mol. The van der Waals surface area contributed by atoms with Crippen LogP contribution in [0.25, 0.3) is 0 Å². The molecule has 0 amide bonds. The molecule has 2 aromatic carbocycles. The Hall–Kier alpha value is -1.80. The normalized spacial score (nSPS) is 24.5. The van der Waals surface area contributed by atoms with Gasteiger partial charge in [0.15, 0.2) is 0 Å². The fraction of sp³-hybridized carbons (Fsp3) is 0.538. The van der Waals surface area contributed by atoms with E-state index in [2.05, 4.69) is 74.2 Å². The van der Waals surface area contributed by atoms with Gasteiger partial charge in [-0.25, -0.2) is 0 Å². The van der Waals surface area contributed by atoms with Crippen molar-refractivity contribution in [1.82, 2.24) is 4.90 Å². The summed E-state index contributed by atoms with van der Waals surface area (Å²) in [5.41, 5.74) is 4.57.